The zero-order valence-corrected chi connectivity index (χ0v) is 15.7. The first-order chi connectivity index (χ1) is 13.2. The topological polar surface area (TPSA) is 56.4 Å². The largest absolute Gasteiger partial charge is 0.358 e. The van der Waals surface area contributed by atoms with Crippen LogP contribution in [0.2, 0.25) is 0 Å². The van der Waals surface area contributed by atoms with Gasteiger partial charge in [0.15, 0.2) is 0 Å². The van der Waals surface area contributed by atoms with Crippen molar-refractivity contribution in [1.29, 1.82) is 0 Å². The molecule has 1 aliphatic carbocycles. The Morgan fingerprint density at radius 3 is 2.74 bits per heavy atom. The van der Waals surface area contributed by atoms with Gasteiger partial charge in [0.25, 0.3) is 0 Å². The smallest absolute Gasteiger partial charge is 0.227 e. The summed E-state index contributed by atoms with van der Waals surface area (Å²) in [4.78, 5) is 33.2. The monoisotopic (exact) mass is 365 g/mol. The third kappa shape index (κ3) is 2.93. The zero-order valence-electron chi connectivity index (χ0n) is 15.7. The number of benzene rings is 1. The van der Waals surface area contributed by atoms with Gasteiger partial charge in [0, 0.05) is 60.7 Å². The van der Waals surface area contributed by atoms with E-state index < -0.39 is 0 Å². The molecule has 1 N–H and O–H groups in total. The van der Waals surface area contributed by atoms with E-state index in [9.17, 15) is 9.59 Å². The minimum Gasteiger partial charge on any atom is -0.358 e. The highest BCUT2D eigenvalue weighted by atomic mass is 16.2. The number of carbonyl (C=O) groups excluding carboxylic acids is 2. The van der Waals surface area contributed by atoms with E-state index in [0.717, 1.165) is 31.3 Å². The van der Waals surface area contributed by atoms with Crippen molar-refractivity contribution in [1.82, 2.24) is 14.8 Å². The molecular weight excluding hydrogens is 338 g/mol. The van der Waals surface area contributed by atoms with Crippen LogP contribution >= 0.6 is 0 Å². The normalized spacial score (nSPS) is 23.9. The van der Waals surface area contributed by atoms with E-state index >= 15 is 0 Å². The van der Waals surface area contributed by atoms with E-state index in [1.54, 1.807) is 0 Å². The molecule has 2 fully saturated rings. The number of likely N-dealkylation sites (tertiary alicyclic amines) is 1. The fourth-order valence-electron chi connectivity index (χ4n) is 5.25. The van der Waals surface area contributed by atoms with Crippen molar-refractivity contribution in [3.63, 3.8) is 0 Å². The summed E-state index contributed by atoms with van der Waals surface area (Å²) in [5, 5.41) is 1.23. The van der Waals surface area contributed by atoms with Crippen LogP contribution < -0.4 is 0 Å². The maximum atomic E-state index is 13.3. The summed E-state index contributed by atoms with van der Waals surface area (Å²) in [6, 6.07) is 8.72. The molecule has 5 rings (SSSR count). The van der Waals surface area contributed by atoms with Gasteiger partial charge < -0.3 is 14.8 Å². The molecule has 0 spiro atoms. The third-order valence-corrected chi connectivity index (χ3v) is 6.75. The first kappa shape index (κ1) is 16.8. The van der Waals surface area contributed by atoms with E-state index in [4.69, 9.17) is 0 Å². The van der Waals surface area contributed by atoms with E-state index in [1.165, 1.54) is 29.5 Å². The van der Waals surface area contributed by atoms with Gasteiger partial charge in [0.05, 0.1) is 5.92 Å². The molecule has 5 heteroatoms. The van der Waals surface area contributed by atoms with Crippen LogP contribution in [0, 0.1) is 5.92 Å². The minimum absolute atomic E-state index is 0.0324. The van der Waals surface area contributed by atoms with Crippen molar-refractivity contribution in [3.8, 4) is 0 Å². The van der Waals surface area contributed by atoms with Crippen molar-refractivity contribution in [2.24, 2.45) is 5.92 Å². The molecule has 0 radical (unpaired) electrons. The van der Waals surface area contributed by atoms with Gasteiger partial charge in [-0.2, -0.15) is 0 Å². The number of hydrogen-bond acceptors (Lipinski definition) is 2. The Morgan fingerprint density at radius 2 is 1.89 bits per heavy atom. The molecule has 1 aromatic heterocycles. The number of fused-ring (bicyclic) bond motifs is 3. The Labute approximate surface area is 159 Å². The molecule has 142 valence electrons. The van der Waals surface area contributed by atoms with Crippen LogP contribution in [-0.2, 0) is 22.6 Å². The number of para-hydroxylation sites is 1. The van der Waals surface area contributed by atoms with Crippen molar-refractivity contribution in [2.45, 2.75) is 57.5 Å². The van der Waals surface area contributed by atoms with Crippen LogP contribution in [0.3, 0.4) is 0 Å². The lowest BCUT2D eigenvalue weighted by Gasteiger charge is -2.38. The first-order valence-electron chi connectivity index (χ1n) is 10.4. The van der Waals surface area contributed by atoms with E-state index in [1.807, 2.05) is 15.9 Å². The molecule has 2 aliphatic heterocycles. The summed E-state index contributed by atoms with van der Waals surface area (Å²) in [6.07, 6.45) is 6.75. The van der Waals surface area contributed by atoms with Crippen LogP contribution in [0.25, 0.3) is 10.9 Å². The minimum atomic E-state index is -0.0324. The summed E-state index contributed by atoms with van der Waals surface area (Å²) >= 11 is 0. The van der Waals surface area contributed by atoms with Gasteiger partial charge in [-0.15, -0.1) is 0 Å². The number of nitrogens with zero attached hydrogens (tertiary/aromatic N) is 2. The molecule has 5 nitrogen and oxygen atoms in total. The Morgan fingerprint density at radius 1 is 1.07 bits per heavy atom. The molecular formula is C22H27N3O2. The average molecular weight is 365 g/mol. The van der Waals surface area contributed by atoms with Crippen LogP contribution in [0.4, 0.5) is 0 Å². The number of carbonyl (C=O) groups is 2. The molecule has 3 aliphatic rings. The molecule has 1 saturated carbocycles. The first-order valence-corrected chi connectivity index (χ1v) is 10.4. The summed E-state index contributed by atoms with van der Waals surface area (Å²) in [6.45, 7) is 2.08. The second-order valence-corrected chi connectivity index (χ2v) is 8.36. The Kier molecular flexibility index (Phi) is 4.18. The lowest BCUT2D eigenvalue weighted by molar-refractivity contribution is -0.145. The Bertz CT molecular complexity index is 881. The maximum absolute atomic E-state index is 13.3. The summed E-state index contributed by atoms with van der Waals surface area (Å²) in [5.41, 5.74) is 3.70. The quantitative estimate of drug-likeness (QED) is 0.888. The molecule has 1 atom stereocenters. The Hall–Kier alpha value is -2.30. The summed E-state index contributed by atoms with van der Waals surface area (Å²) in [7, 11) is 0. The zero-order chi connectivity index (χ0) is 18.4. The van der Waals surface area contributed by atoms with Gasteiger partial charge in [-0.05, 0) is 25.3 Å². The molecule has 2 aromatic rings. The molecule has 0 bridgehead atoms. The Balaban J connectivity index is 1.33. The number of nitrogens with one attached hydrogen (secondary N) is 1. The predicted molar refractivity (Wildman–Crippen MR) is 104 cm³/mol. The van der Waals surface area contributed by atoms with Crippen LogP contribution in [0.1, 0.15) is 49.8 Å². The molecule has 2 amide bonds. The molecule has 1 unspecified atom stereocenters. The van der Waals surface area contributed by atoms with Crippen LogP contribution in [0.15, 0.2) is 24.3 Å². The summed E-state index contributed by atoms with van der Waals surface area (Å²) < 4.78 is 0. The van der Waals surface area contributed by atoms with E-state index in [2.05, 4.69) is 23.2 Å². The molecule has 3 heterocycles. The van der Waals surface area contributed by atoms with Crippen molar-refractivity contribution < 1.29 is 9.59 Å². The molecule has 27 heavy (non-hydrogen) atoms. The number of amides is 2. The van der Waals surface area contributed by atoms with Crippen molar-refractivity contribution in [3.05, 3.63) is 35.5 Å². The lowest BCUT2D eigenvalue weighted by atomic mass is 9.93. The highest BCUT2D eigenvalue weighted by Crippen LogP contribution is 2.32. The van der Waals surface area contributed by atoms with Gasteiger partial charge >= 0.3 is 0 Å². The SMILES string of the molecule is O=C(C1CCC(=O)N(C2CCCC2)C1)N1CCc2[nH]c3ccccc3c2C1. The van der Waals surface area contributed by atoms with Gasteiger partial charge in [-0.25, -0.2) is 0 Å². The fourth-order valence-corrected chi connectivity index (χ4v) is 5.25. The van der Waals surface area contributed by atoms with Crippen molar-refractivity contribution >= 4 is 22.7 Å². The number of hydrogen-bond donors (Lipinski definition) is 1. The number of aromatic amines is 1. The number of rotatable bonds is 2. The van der Waals surface area contributed by atoms with E-state index in [-0.39, 0.29) is 17.7 Å². The fraction of sp³-hybridized carbons (Fsp3) is 0.545. The van der Waals surface area contributed by atoms with Gasteiger partial charge in [0.2, 0.25) is 11.8 Å². The van der Waals surface area contributed by atoms with Gasteiger partial charge in [-0.1, -0.05) is 31.0 Å². The van der Waals surface area contributed by atoms with Crippen molar-refractivity contribution in [2.75, 3.05) is 13.1 Å². The van der Waals surface area contributed by atoms with Crippen LogP contribution in [-0.4, -0.2) is 45.7 Å². The number of aromatic nitrogens is 1. The second-order valence-electron chi connectivity index (χ2n) is 8.36. The summed E-state index contributed by atoms with van der Waals surface area (Å²) in [5.74, 6) is 0.458. The molecule has 1 aromatic carbocycles. The maximum Gasteiger partial charge on any atom is 0.227 e. The molecule has 1 saturated heterocycles. The van der Waals surface area contributed by atoms with Gasteiger partial charge in [0.1, 0.15) is 0 Å². The standard InChI is InChI=1S/C22H27N3O2/c26-21-10-9-15(13-25(21)16-5-1-2-6-16)22(27)24-12-11-20-18(14-24)17-7-3-4-8-19(17)23-20/h3-4,7-8,15-16,23H,1-2,5-6,9-14H2. The average Bonchev–Trinajstić information content (AvgIpc) is 3.35. The van der Waals surface area contributed by atoms with E-state index in [0.29, 0.717) is 32.0 Å². The second kappa shape index (κ2) is 6.70. The number of H-pyrrole nitrogens is 1. The lowest BCUT2D eigenvalue weighted by Crippen LogP contribution is -2.50. The van der Waals surface area contributed by atoms with Gasteiger partial charge in [-0.3, -0.25) is 9.59 Å². The van der Waals surface area contributed by atoms with Crippen LogP contribution in [0.5, 0.6) is 0 Å². The number of piperidine rings is 1. The highest BCUT2D eigenvalue weighted by Gasteiger charge is 2.37. The predicted octanol–water partition coefficient (Wildman–Crippen LogP) is 3.23. The highest BCUT2D eigenvalue weighted by molar-refractivity contribution is 5.87. The third-order valence-electron chi connectivity index (χ3n) is 6.75.